The monoisotopic (exact) mass is 459 g/mol. The number of rotatable bonds is 10. The van der Waals surface area contributed by atoms with Gasteiger partial charge in [-0.1, -0.05) is 23.7 Å². The highest BCUT2D eigenvalue weighted by atomic mass is 35.5. The smallest absolute Gasteiger partial charge is 0.268 e. The van der Waals surface area contributed by atoms with Gasteiger partial charge in [0.15, 0.2) is 0 Å². The fourth-order valence-corrected chi connectivity index (χ4v) is 3.68. The van der Waals surface area contributed by atoms with Crippen molar-refractivity contribution in [2.75, 3.05) is 26.7 Å². The Balaban J connectivity index is 1.81. The van der Waals surface area contributed by atoms with E-state index in [9.17, 15) is 14.0 Å². The number of fused-ring (bicyclic) bond motifs is 1. The van der Waals surface area contributed by atoms with Crippen molar-refractivity contribution in [3.05, 3.63) is 64.8 Å². The van der Waals surface area contributed by atoms with Gasteiger partial charge in [0.05, 0.1) is 11.7 Å². The average molecular weight is 460 g/mol. The molecule has 1 atom stereocenters. The lowest BCUT2D eigenvalue weighted by Crippen LogP contribution is -2.50. The van der Waals surface area contributed by atoms with E-state index < -0.39 is 11.9 Å². The average Bonchev–Trinajstić information content (AvgIpc) is 3.21. The van der Waals surface area contributed by atoms with Crippen molar-refractivity contribution >= 4 is 34.3 Å². The predicted molar refractivity (Wildman–Crippen MR) is 123 cm³/mol. The summed E-state index contributed by atoms with van der Waals surface area (Å²) in [6.45, 7) is 3.78. The maximum absolute atomic E-state index is 13.3. The highest BCUT2D eigenvalue weighted by molar-refractivity contribution is 6.30. The molecule has 0 spiro atoms. The van der Waals surface area contributed by atoms with Gasteiger partial charge in [-0.05, 0) is 56.8 Å². The molecule has 0 saturated carbocycles. The molecule has 0 fully saturated rings. The summed E-state index contributed by atoms with van der Waals surface area (Å²) in [5.41, 5.74) is 1.73. The van der Waals surface area contributed by atoms with Crippen LogP contribution < -0.4 is 10.6 Å². The van der Waals surface area contributed by atoms with E-state index in [-0.39, 0.29) is 18.1 Å². The Labute approximate surface area is 191 Å². The lowest BCUT2D eigenvalue weighted by molar-refractivity contribution is -0.133. The molecule has 2 aromatic heterocycles. The minimum Gasteiger partial charge on any atom is -0.349 e. The zero-order valence-corrected chi connectivity index (χ0v) is 18.9. The fourth-order valence-electron chi connectivity index (χ4n) is 3.51. The van der Waals surface area contributed by atoms with Gasteiger partial charge in [-0.2, -0.15) is 0 Å². The Bertz CT molecular complexity index is 1070. The number of nitrogens with one attached hydrogen (secondary N) is 3. The number of pyridine rings is 1. The van der Waals surface area contributed by atoms with Crippen LogP contribution in [0.25, 0.3) is 10.9 Å². The second kappa shape index (κ2) is 11.1. The van der Waals surface area contributed by atoms with Gasteiger partial charge in [0, 0.05) is 24.9 Å². The van der Waals surface area contributed by atoms with Crippen LogP contribution in [0.4, 0.5) is 4.39 Å². The number of hydrogen-bond acceptors (Lipinski definition) is 4. The van der Waals surface area contributed by atoms with E-state index in [0.29, 0.717) is 29.5 Å². The van der Waals surface area contributed by atoms with Crippen LogP contribution in [0.15, 0.2) is 42.6 Å². The largest absolute Gasteiger partial charge is 0.349 e. The molecule has 0 saturated heterocycles. The van der Waals surface area contributed by atoms with E-state index in [1.54, 1.807) is 35.4 Å². The number of nitrogens with zero attached hydrogens (tertiary/aromatic N) is 2. The summed E-state index contributed by atoms with van der Waals surface area (Å²) in [5.74, 6) is -0.945. The van der Waals surface area contributed by atoms with Crippen molar-refractivity contribution in [3.8, 4) is 0 Å². The van der Waals surface area contributed by atoms with Crippen molar-refractivity contribution in [3.63, 3.8) is 0 Å². The van der Waals surface area contributed by atoms with Gasteiger partial charge in [-0.15, -0.1) is 0 Å². The normalized spacial score (nSPS) is 12.0. The first-order chi connectivity index (χ1) is 15.4. The van der Waals surface area contributed by atoms with E-state index >= 15 is 0 Å². The Morgan fingerprint density at radius 3 is 2.69 bits per heavy atom. The third-order valence-electron chi connectivity index (χ3n) is 5.22. The molecule has 0 aliphatic rings. The molecule has 0 aliphatic carbocycles. The van der Waals surface area contributed by atoms with Crippen LogP contribution in [-0.4, -0.2) is 59.4 Å². The van der Waals surface area contributed by atoms with Gasteiger partial charge in [0.25, 0.3) is 5.91 Å². The van der Waals surface area contributed by atoms with E-state index in [2.05, 4.69) is 20.6 Å². The van der Waals surface area contributed by atoms with Crippen molar-refractivity contribution in [2.24, 2.45) is 0 Å². The number of aromatic amines is 1. The van der Waals surface area contributed by atoms with Crippen LogP contribution in [0.1, 0.15) is 29.4 Å². The summed E-state index contributed by atoms with van der Waals surface area (Å²) in [5, 5.41) is 7.00. The molecule has 1 aromatic carbocycles. The summed E-state index contributed by atoms with van der Waals surface area (Å²) < 4.78 is 13.3. The van der Waals surface area contributed by atoms with Gasteiger partial charge < -0.3 is 20.5 Å². The second-order valence-corrected chi connectivity index (χ2v) is 7.90. The highest BCUT2D eigenvalue weighted by Gasteiger charge is 2.26. The molecular formula is C23H27ClFN5O2. The van der Waals surface area contributed by atoms with Crippen LogP contribution >= 0.6 is 11.6 Å². The summed E-state index contributed by atoms with van der Waals surface area (Å²) >= 11 is 5.93. The molecule has 3 aromatic rings. The molecule has 0 aliphatic heterocycles. The quantitative estimate of drug-likeness (QED) is 0.321. The number of H-pyrrole nitrogens is 1. The predicted octanol–water partition coefficient (Wildman–Crippen LogP) is 3.15. The molecule has 2 amide bonds. The van der Waals surface area contributed by atoms with Crippen molar-refractivity contribution in [2.45, 2.75) is 25.8 Å². The standard InChI is InChI=1S/C23H27ClFN5O2/c1-3-30(10-4-9-26-2)23(32)19(11-15-5-7-17(25)8-6-15)29-22(31)18-12-16-13-21(24)27-14-20(16)28-18/h5-8,12-14,19,26,28H,3-4,9-11H2,1-2H3,(H,29,31)/t19-/m0/s1. The molecule has 32 heavy (non-hydrogen) atoms. The molecule has 7 nitrogen and oxygen atoms in total. The lowest BCUT2D eigenvalue weighted by Gasteiger charge is -2.27. The minimum absolute atomic E-state index is 0.179. The first-order valence-electron chi connectivity index (χ1n) is 10.5. The maximum atomic E-state index is 13.3. The van der Waals surface area contributed by atoms with Gasteiger partial charge >= 0.3 is 0 Å². The number of carbonyl (C=O) groups is 2. The maximum Gasteiger partial charge on any atom is 0.268 e. The number of hydrogen-bond donors (Lipinski definition) is 3. The Hall–Kier alpha value is -2.97. The molecule has 2 heterocycles. The van der Waals surface area contributed by atoms with Crippen LogP contribution in [0.5, 0.6) is 0 Å². The molecular weight excluding hydrogens is 433 g/mol. The van der Waals surface area contributed by atoms with E-state index in [1.165, 1.54) is 12.1 Å². The van der Waals surface area contributed by atoms with Crippen molar-refractivity contribution in [1.82, 2.24) is 25.5 Å². The molecule has 170 valence electrons. The third-order valence-corrected chi connectivity index (χ3v) is 5.43. The Morgan fingerprint density at radius 2 is 2.00 bits per heavy atom. The third kappa shape index (κ3) is 6.05. The van der Waals surface area contributed by atoms with Gasteiger partial charge in [0.2, 0.25) is 5.91 Å². The number of carbonyl (C=O) groups excluding carboxylic acids is 2. The summed E-state index contributed by atoms with van der Waals surface area (Å²) in [4.78, 5) is 35.0. The summed E-state index contributed by atoms with van der Waals surface area (Å²) in [6.07, 6.45) is 2.60. The first-order valence-corrected chi connectivity index (χ1v) is 10.9. The number of aromatic nitrogens is 2. The van der Waals surface area contributed by atoms with E-state index in [0.717, 1.165) is 23.9 Å². The second-order valence-electron chi connectivity index (χ2n) is 7.51. The Morgan fingerprint density at radius 1 is 1.25 bits per heavy atom. The summed E-state index contributed by atoms with van der Waals surface area (Å²) in [7, 11) is 1.86. The topological polar surface area (TPSA) is 90.1 Å². The van der Waals surface area contributed by atoms with E-state index in [1.807, 2.05) is 14.0 Å². The fraction of sp³-hybridized carbons (Fsp3) is 0.348. The molecule has 3 rings (SSSR count). The lowest BCUT2D eigenvalue weighted by atomic mass is 10.0. The van der Waals surface area contributed by atoms with Crippen LogP contribution in [0.3, 0.4) is 0 Å². The zero-order valence-electron chi connectivity index (χ0n) is 18.1. The first kappa shape index (κ1) is 23.7. The van der Waals surface area contributed by atoms with Crippen LogP contribution in [0.2, 0.25) is 5.15 Å². The van der Waals surface area contributed by atoms with Crippen molar-refractivity contribution < 1.29 is 14.0 Å². The Kier molecular flexibility index (Phi) is 8.19. The number of amides is 2. The van der Waals surface area contributed by atoms with E-state index in [4.69, 9.17) is 11.6 Å². The van der Waals surface area contributed by atoms with Crippen LogP contribution in [-0.2, 0) is 11.2 Å². The number of likely N-dealkylation sites (N-methyl/N-ethyl adjacent to an activating group) is 1. The highest BCUT2D eigenvalue weighted by Crippen LogP contribution is 2.18. The minimum atomic E-state index is -0.796. The van der Waals surface area contributed by atoms with Gasteiger partial charge in [0.1, 0.15) is 22.7 Å². The molecule has 9 heteroatoms. The molecule has 0 unspecified atom stereocenters. The van der Waals surface area contributed by atoms with Gasteiger partial charge in [-0.3, -0.25) is 9.59 Å². The van der Waals surface area contributed by atoms with Crippen molar-refractivity contribution in [1.29, 1.82) is 0 Å². The van der Waals surface area contributed by atoms with Crippen LogP contribution in [0, 0.1) is 5.82 Å². The summed E-state index contributed by atoms with van der Waals surface area (Å²) in [6, 6.07) is 8.46. The molecule has 0 radical (unpaired) electrons. The zero-order chi connectivity index (χ0) is 23.1. The van der Waals surface area contributed by atoms with Gasteiger partial charge in [-0.25, -0.2) is 9.37 Å². The number of benzene rings is 1. The number of halogens is 2. The molecule has 3 N–H and O–H groups in total. The SMILES string of the molecule is CCN(CCCNC)C(=O)[C@H](Cc1ccc(F)cc1)NC(=O)c1cc2cc(Cl)ncc2[nH]1. The molecule has 0 bridgehead atoms.